The second-order valence-corrected chi connectivity index (χ2v) is 5.62. The highest BCUT2D eigenvalue weighted by Gasteiger charge is 2.48. The highest BCUT2D eigenvalue weighted by atomic mass is 19.4. The van der Waals surface area contributed by atoms with E-state index < -0.39 is 23.1 Å². The first kappa shape index (κ1) is 16.3. The minimum atomic E-state index is -4.44. The summed E-state index contributed by atoms with van der Waals surface area (Å²) in [5.74, 6) is 1.09. The van der Waals surface area contributed by atoms with Gasteiger partial charge in [-0.2, -0.15) is 13.2 Å². The Kier molecular flexibility index (Phi) is 4.15. The summed E-state index contributed by atoms with van der Waals surface area (Å²) < 4.78 is 37.8. The second kappa shape index (κ2) is 5.60. The summed E-state index contributed by atoms with van der Waals surface area (Å²) in [4.78, 5) is 24.5. The minimum Gasteiger partial charge on any atom is -0.299 e. The van der Waals surface area contributed by atoms with E-state index in [9.17, 15) is 22.8 Å². The molecule has 0 heterocycles. The van der Waals surface area contributed by atoms with Crippen molar-refractivity contribution in [3.05, 3.63) is 35.4 Å². The van der Waals surface area contributed by atoms with Crippen molar-refractivity contribution in [1.29, 1.82) is 0 Å². The molecule has 1 saturated carbocycles. The van der Waals surface area contributed by atoms with Gasteiger partial charge in [0.1, 0.15) is 17.0 Å². The number of hydrogen-bond donors (Lipinski definition) is 0. The van der Waals surface area contributed by atoms with Crippen molar-refractivity contribution in [3.8, 4) is 12.3 Å². The van der Waals surface area contributed by atoms with Crippen molar-refractivity contribution in [1.82, 2.24) is 0 Å². The molecule has 5 heteroatoms. The molecule has 1 aromatic carbocycles. The van der Waals surface area contributed by atoms with Gasteiger partial charge in [0.2, 0.25) is 0 Å². The first-order chi connectivity index (χ1) is 10.2. The number of benzene rings is 1. The average molecular weight is 308 g/mol. The van der Waals surface area contributed by atoms with Crippen molar-refractivity contribution < 1.29 is 22.8 Å². The van der Waals surface area contributed by atoms with Crippen LogP contribution < -0.4 is 0 Å². The van der Waals surface area contributed by atoms with Gasteiger partial charge < -0.3 is 0 Å². The monoisotopic (exact) mass is 308 g/mol. The summed E-state index contributed by atoms with van der Waals surface area (Å²) in [6.07, 6.45) is 2.08. The van der Waals surface area contributed by atoms with Gasteiger partial charge in [0.05, 0.1) is 11.5 Å². The fraction of sp³-hybridized carbons (Fsp3) is 0.412. The summed E-state index contributed by atoms with van der Waals surface area (Å²) in [6, 6.07) is 4.32. The van der Waals surface area contributed by atoms with E-state index in [1.54, 1.807) is 0 Å². The highest BCUT2D eigenvalue weighted by molar-refractivity contribution is 6.09. The molecule has 22 heavy (non-hydrogen) atoms. The van der Waals surface area contributed by atoms with Crippen LogP contribution in [0.25, 0.3) is 0 Å². The van der Waals surface area contributed by atoms with E-state index >= 15 is 0 Å². The molecule has 1 fully saturated rings. The normalized spacial score (nSPS) is 19.6. The maximum absolute atomic E-state index is 12.6. The van der Waals surface area contributed by atoms with E-state index in [-0.39, 0.29) is 24.4 Å². The first-order valence-corrected chi connectivity index (χ1v) is 6.91. The summed E-state index contributed by atoms with van der Waals surface area (Å²) in [7, 11) is 0. The zero-order valence-electron chi connectivity index (χ0n) is 12.0. The Morgan fingerprint density at radius 2 is 1.64 bits per heavy atom. The van der Waals surface area contributed by atoms with Crippen LogP contribution in [0.3, 0.4) is 0 Å². The highest BCUT2D eigenvalue weighted by Crippen LogP contribution is 2.42. The molecule has 0 spiro atoms. The number of alkyl halides is 3. The van der Waals surface area contributed by atoms with Crippen LogP contribution in [0, 0.1) is 17.8 Å². The van der Waals surface area contributed by atoms with Gasteiger partial charge in [0.25, 0.3) is 0 Å². The fourth-order valence-electron chi connectivity index (χ4n) is 2.87. The molecule has 0 aliphatic heterocycles. The number of carbonyl (C=O) groups excluding carboxylic acids is 2. The summed E-state index contributed by atoms with van der Waals surface area (Å²) in [5.41, 5.74) is -1.77. The van der Waals surface area contributed by atoms with Crippen molar-refractivity contribution in [2.45, 2.75) is 38.3 Å². The molecule has 1 aromatic rings. The Morgan fingerprint density at radius 1 is 1.14 bits per heavy atom. The number of halogens is 3. The Morgan fingerprint density at radius 3 is 2.05 bits per heavy atom. The molecule has 0 N–H and O–H groups in total. The van der Waals surface area contributed by atoms with Gasteiger partial charge in [0.15, 0.2) is 0 Å². The van der Waals surface area contributed by atoms with E-state index in [4.69, 9.17) is 6.42 Å². The molecule has 0 amide bonds. The third-order valence-corrected chi connectivity index (χ3v) is 4.28. The molecular formula is C17H15F3O2. The molecular weight excluding hydrogens is 293 g/mol. The molecule has 1 atom stereocenters. The molecule has 0 saturated heterocycles. The lowest BCUT2D eigenvalue weighted by Gasteiger charge is -2.35. The van der Waals surface area contributed by atoms with E-state index in [0.29, 0.717) is 12.0 Å². The third kappa shape index (κ3) is 2.66. The van der Waals surface area contributed by atoms with Crippen LogP contribution in [0.2, 0.25) is 0 Å². The summed E-state index contributed by atoms with van der Waals surface area (Å²) >= 11 is 0. The Bertz CT molecular complexity index is 619. The van der Waals surface area contributed by atoms with Crippen LogP contribution in [0.4, 0.5) is 13.2 Å². The Labute approximate surface area is 126 Å². The van der Waals surface area contributed by atoms with Gasteiger partial charge >= 0.3 is 6.18 Å². The van der Waals surface area contributed by atoms with Gasteiger partial charge in [0, 0.05) is 12.8 Å². The maximum Gasteiger partial charge on any atom is 0.416 e. The summed E-state index contributed by atoms with van der Waals surface area (Å²) in [5, 5.41) is 0. The quantitative estimate of drug-likeness (QED) is 0.616. The molecule has 1 aliphatic rings. The zero-order valence-corrected chi connectivity index (χ0v) is 12.0. The Hall–Kier alpha value is -2.09. The lowest BCUT2D eigenvalue weighted by molar-refractivity contribution is -0.143. The van der Waals surface area contributed by atoms with Crippen LogP contribution in [-0.2, 0) is 15.8 Å². The van der Waals surface area contributed by atoms with Crippen LogP contribution >= 0.6 is 0 Å². The standard InChI is InChI=1S/C17H15F3O2/c1-3-13(16(2)14(21)5-4-6-15(16)22)11-7-9-12(10-8-11)17(18,19)20/h1,7-10,13H,4-6H2,2H3/t13-/m0/s1. The topological polar surface area (TPSA) is 34.1 Å². The Balaban J connectivity index is 2.42. The molecule has 1 aliphatic carbocycles. The molecule has 2 rings (SSSR count). The molecule has 116 valence electrons. The number of Topliss-reactive ketones (excluding diaryl/α,β-unsaturated/α-hetero) is 2. The smallest absolute Gasteiger partial charge is 0.299 e. The van der Waals surface area contributed by atoms with Gasteiger partial charge in [-0.3, -0.25) is 9.59 Å². The second-order valence-electron chi connectivity index (χ2n) is 5.62. The van der Waals surface area contributed by atoms with Crippen LogP contribution in [-0.4, -0.2) is 11.6 Å². The number of hydrogen-bond acceptors (Lipinski definition) is 2. The van der Waals surface area contributed by atoms with Gasteiger partial charge in [-0.15, -0.1) is 6.42 Å². The van der Waals surface area contributed by atoms with Gasteiger partial charge in [-0.25, -0.2) is 0 Å². The van der Waals surface area contributed by atoms with Crippen molar-refractivity contribution in [3.63, 3.8) is 0 Å². The van der Waals surface area contributed by atoms with E-state index in [2.05, 4.69) is 5.92 Å². The number of ketones is 2. The SMILES string of the molecule is C#C[C@@H](c1ccc(C(F)(F)F)cc1)C1(C)C(=O)CCCC1=O. The number of rotatable bonds is 2. The zero-order chi connectivity index (χ0) is 16.5. The average Bonchev–Trinajstić information content (AvgIpc) is 2.45. The largest absolute Gasteiger partial charge is 0.416 e. The predicted molar refractivity (Wildman–Crippen MR) is 75.0 cm³/mol. The number of carbonyl (C=O) groups is 2. The maximum atomic E-state index is 12.6. The predicted octanol–water partition coefficient (Wildman–Crippen LogP) is 3.75. The molecule has 2 nitrogen and oxygen atoms in total. The number of terminal acetylenes is 1. The molecule has 0 bridgehead atoms. The van der Waals surface area contributed by atoms with E-state index in [1.165, 1.54) is 19.1 Å². The van der Waals surface area contributed by atoms with Crippen LogP contribution in [0.15, 0.2) is 24.3 Å². The molecule has 0 aromatic heterocycles. The third-order valence-electron chi connectivity index (χ3n) is 4.28. The fourth-order valence-corrected chi connectivity index (χ4v) is 2.87. The van der Waals surface area contributed by atoms with Crippen LogP contribution in [0.1, 0.15) is 43.2 Å². The summed E-state index contributed by atoms with van der Waals surface area (Å²) in [6.45, 7) is 1.50. The van der Waals surface area contributed by atoms with E-state index in [0.717, 1.165) is 12.1 Å². The van der Waals surface area contributed by atoms with Crippen molar-refractivity contribution in [2.75, 3.05) is 0 Å². The molecule has 0 unspecified atom stereocenters. The molecule has 0 radical (unpaired) electrons. The van der Waals surface area contributed by atoms with Crippen molar-refractivity contribution >= 4 is 11.6 Å². The lowest BCUT2D eigenvalue weighted by Crippen LogP contribution is -2.44. The lowest BCUT2D eigenvalue weighted by atomic mass is 9.63. The van der Waals surface area contributed by atoms with Crippen LogP contribution in [0.5, 0.6) is 0 Å². The first-order valence-electron chi connectivity index (χ1n) is 6.91. The minimum absolute atomic E-state index is 0.244. The van der Waals surface area contributed by atoms with E-state index in [1.807, 2.05) is 0 Å². The van der Waals surface area contributed by atoms with Crippen molar-refractivity contribution in [2.24, 2.45) is 5.41 Å². The van der Waals surface area contributed by atoms with Gasteiger partial charge in [-0.1, -0.05) is 18.1 Å². The van der Waals surface area contributed by atoms with Gasteiger partial charge in [-0.05, 0) is 31.0 Å².